The Morgan fingerprint density at radius 1 is 1.24 bits per heavy atom. The van der Waals surface area contributed by atoms with Crippen molar-refractivity contribution in [1.29, 1.82) is 0 Å². The Kier molecular flexibility index (Phi) is 4.04. The lowest BCUT2D eigenvalue weighted by Crippen LogP contribution is -2.35. The third kappa shape index (κ3) is 3.12. The molecule has 0 radical (unpaired) electrons. The number of nitro benzene ring substituents is 1. The van der Waals surface area contributed by atoms with Gasteiger partial charge in [-0.15, -0.1) is 0 Å². The molecule has 1 saturated heterocycles. The highest BCUT2D eigenvalue weighted by molar-refractivity contribution is 5.87. The van der Waals surface area contributed by atoms with Crippen LogP contribution in [0.2, 0.25) is 0 Å². The van der Waals surface area contributed by atoms with E-state index in [4.69, 9.17) is 4.42 Å². The highest BCUT2D eigenvalue weighted by atomic mass is 16.6. The molecule has 1 aliphatic carbocycles. The zero-order valence-corrected chi connectivity index (χ0v) is 16.0. The van der Waals surface area contributed by atoms with Crippen LogP contribution in [0.15, 0.2) is 53.1 Å². The molecule has 3 aromatic rings. The fourth-order valence-corrected chi connectivity index (χ4v) is 4.56. The normalized spacial score (nSPS) is 22.5. The molecule has 2 aromatic carbocycles. The number of rotatable bonds is 5. The van der Waals surface area contributed by atoms with E-state index in [9.17, 15) is 14.9 Å². The summed E-state index contributed by atoms with van der Waals surface area (Å²) in [6.07, 6.45) is 1.94. The van der Waals surface area contributed by atoms with E-state index in [1.807, 2.05) is 43.3 Å². The number of benzene rings is 2. The number of furan rings is 1. The lowest BCUT2D eigenvalue weighted by Gasteiger charge is -2.22. The van der Waals surface area contributed by atoms with Crippen molar-refractivity contribution in [3.63, 3.8) is 0 Å². The maximum absolute atomic E-state index is 12.5. The van der Waals surface area contributed by atoms with Crippen molar-refractivity contribution < 1.29 is 14.1 Å². The van der Waals surface area contributed by atoms with Crippen LogP contribution >= 0.6 is 0 Å². The van der Waals surface area contributed by atoms with Crippen molar-refractivity contribution in [3.05, 3.63) is 70.0 Å². The Hall–Kier alpha value is -3.35. The Morgan fingerprint density at radius 2 is 2.00 bits per heavy atom. The molecule has 1 unspecified atom stereocenters. The molecule has 0 spiro atoms. The monoisotopic (exact) mass is 391 g/mol. The minimum absolute atomic E-state index is 0.0104. The fourth-order valence-electron chi connectivity index (χ4n) is 4.56. The minimum Gasteiger partial charge on any atom is -0.464 e. The average Bonchev–Trinajstić information content (AvgIpc) is 3.06. The van der Waals surface area contributed by atoms with Crippen LogP contribution in [-0.2, 0) is 11.2 Å². The molecule has 1 amide bonds. The maximum Gasteiger partial charge on any atom is 0.292 e. The Balaban J connectivity index is 1.21. The third-order valence-corrected chi connectivity index (χ3v) is 6.10. The van der Waals surface area contributed by atoms with Crippen molar-refractivity contribution in [1.82, 2.24) is 5.32 Å². The van der Waals surface area contributed by atoms with Crippen molar-refractivity contribution in [2.24, 2.45) is 11.8 Å². The number of nitrogens with zero attached hydrogens (tertiary/aromatic N) is 2. The molecule has 7 nitrogen and oxygen atoms in total. The van der Waals surface area contributed by atoms with Gasteiger partial charge in [0, 0.05) is 48.0 Å². The van der Waals surface area contributed by atoms with E-state index in [0.29, 0.717) is 23.9 Å². The van der Waals surface area contributed by atoms with Gasteiger partial charge in [0.1, 0.15) is 11.3 Å². The lowest BCUT2D eigenvalue weighted by molar-refractivity contribution is -0.384. The second kappa shape index (κ2) is 6.62. The Bertz CT molecular complexity index is 1110. The van der Waals surface area contributed by atoms with Crippen molar-refractivity contribution >= 4 is 28.3 Å². The number of hydrogen-bond acceptors (Lipinski definition) is 5. The standard InChI is InChI=1S/C22H21N3O4/c1-13-6-7-18(19(8-13)25(27)28)24-10-16-17(11-24)22(16)23-21(26)9-14-12-29-20-5-3-2-4-15(14)20/h2-8,12,16-17,22H,9-11H2,1H3,(H,23,26)/t16-,17+,22?. The summed E-state index contributed by atoms with van der Waals surface area (Å²) in [6, 6.07) is 13.2. The van der Waals surface area contributed by atoms with Gasteiger partial charge in [-0.25, -0.2) is 0 Å². The van der Waals surface area contributed by atoms with Crippen LogP contribution in [0.5, 0.6) is 0 Å². The number of nitrogens with one attached hydrogen (secondary N) is 1. The molecule has 29 heavy (non-hydrogen) atoms. The van der Waals surface area contributed by atoms with Gasteiger partial charge in [0.05, 0.1) is 17.6 Å². The smallest absolute Gasteiger partial charge is 0.292 e. The van der Waals surface area contributed by atoms with Gasteiger partial charge < -0.3 is 14.6 Å². The summed E-state index contributed by atoms with van der Waals surface area (Å²) in [5.41, 5.74) is 3.37. The summed E-state index contributed by atoms with van der Waals surface area (Å²) in [5.74, 6) is 0.686. The van der Waals surface area contributed by atoms with Crippen LogP contribution in [0.25, 0.3) is 11.0 Å². The number of para-hydroxylation sites is 1. The Morgan fingerprint density at radius 3 is 2.76 bits per heavy atom. The van der Waals surface area contributed by atoms with Crippen LogP contribution in [0, 0.1) is 28.9 Å². The van der Waals surface area contributed by atoms with Crippen LogP contribution < -0.4 is 10.2 Å². The van der Waals surface area contributed by atoms with Gasteiger partial charge in [-0.2, -0.15) is 0 Å². The van der Waals surface area contributed by atoms with E-state index in [1.54, 1.807) is 12.3 Å². The van der Waals surface area contributed by atoms with Gasteiger partial charge in [-0.1, -0.05) is 24.3 Å². The first-order chi connectivity index (χ1) is 14.0. The number of carbonyl (C=O) groups excluding carboxylic acids is 1. The summed E-state index contributed by atoms with van der Waals surface area (Å²) in [5, 5.41) is 15.5. The topological polar surface area (TPSA) is 88.6 Å². The number of aryl methyl sites for hydroxylation is 1. The molecule has 1 N–H and O–H groups in total. The molecule has 7 heteroatoms. The third-order valence-electron chi connectivity index (χ3n) is 6.10. The molecule has 1 saturated carbocycles. The van der Waals surface area contributed by atoms with E-state index >= 15 is 0 Å². The number of hydrogen-bond donors (Lipinski definition) is 1. The van der Waals surface area contributed by atoms with Crippen LogP contribution in [0.4, 0.5) is 11.4 Å². The Labute approximate surface area is 167 Å². The van der Waals surface area contributed by atoms with Crippen molar-refractivity contribution in [3.8, 4) is 0 Å². The number of anilines is 1. The highest BCUT2D eigenvalue weighted by Gasteiger charge is 2.57. The molecule has 2 heterocycles. The number of fused-ring (bicyclic) bond motifs is 2. The maximum atomic E-state index is 12.5. The van der Waals surface area contributed by atoms with Gasteiger partial charge in [0.2, 0.25) is 5.91 Å². The number of carbonyl (C=O) groups is 1. The van der Waals surface area contributed by atoms with Crippen LogP contribution in [-0.4, -0.2) is 30.0 Å². The quantitative estimate of drug-likeness (QED) is 0.532. The molecule has 5 rings (SSSR count). The predicted octanol–water partition coefficient (Wildman–Crippen LogP) is 3.44. The van der Waals surface area contributed by atoms with Gasteiger partial charge in [0.15, 0.2) is 0 Å². The average molecular weight is 391 g/mol. The second-order valence-electron chi connectivity index (χ2n) is 8.01. The number of amides is 1. The summed E-state index contributed by atoms with van der Waals surface area (Å²) < 4.78 is 5.51. The van der Waals surface area contributed by atoms with Gasteiger partial charge in [-0.3, -0.25) is 14.9 Å². The summed E-state index contributed by atoms with van der Waals surface area (Å²) in [7, 11) is 0. The molecule has 148 valence electrons. The second-order valence-corrected chi connectivity index (χ2v) is 8.01. The van der Waals surface area contributed by atoms with Gasteiger partial charge >= 0.3 is 0 Å². The van der Waals surface area contributed by atoms with Crippen LogP contribution in [0.3, 0.4) is 0 Å². The summed E-state index contributed by atoms with van der Waals surface area (Å²) in [4.78, 5) is 25.7. The molecule has 1 aliphatic heterocycles. The largest absolute Gasteiger partial charge is 0.464 e. The predicted molar refractivity (Wildman–Crippen MR) is 109 cm³/mol. The SMILES string of the molecule is Cc1ccc(N2C[C@@H]3C(NC(=O)Cc4coc5ccccc45)[C@@H]3C2)c([N+](=O)[O-])c1. The number of piperidine rings is 1. The molecular formula is C22H21N3O4. The minimum atomic E-state index is -0.319. The zero-order valence-electron chi connectivity index (χ0n) is 16.0. The molecule has 2 aliphatic rings. The van der Waals surface area contributed by atoms with E-state index in [2.05, 4.69) is 10.2 Å². The molecule has 0 bridgehead atoms. The highest BCUT2D eigenvalue weighted by Crippen LogP contribution is 2.48. The molecule has 3 atom stereocenters. The van der Waals surface area contributed by atoms with Crippen molar-refractivity contribution in [2.75, 3.05) is 18.0 Å². The lowest BCUT2D eigenvalue weighted by atomic mass is 10.1. The first-order valence-electron chi connectivity index (χ1n) is 9.76. The van der Waals surface area contributed by atoms with Crippen molar-refractivity contribution in [2.45, 2.75) is 19.4 Å². The van der Waals surface area contributed by atoms with E-state index < -0.39 is 0 Å². The van der Waals surface area contributed by atoms with E-state index in [1.165, 1.54) is 0 Å². The van der Waals surface area contributed by atoms with E-state index in [0.717, 1.165) is 35.2 Å². The molecule has 2 fully saturated rings. The summed E-state index contributed by atoms with van der Waals surface area (Å²) in [6.45, 7) is 3.31. The first-order valence-corrected chi connectivity index (χ1v) is 9.76. The first kappa shape index (κ1) is 17.7. The van der Waals surface area contributed by atoms with Gasteiger partial charge in [-0.05, 0) is 24.6 Å². The molecule has 1 aromatic heterocycles. The summed E-state index contributed by atoms with van der Waals surface area (Å²) >= 11 is 0. The number of nitro groups is 1. The van der Waals surface area contributed by atoms with Gasteiger partial charge in [0.25, 0.3) is 5.69 Å². The van der Waals surface area contributed by atoms with E-state index in [-0.39, 0.29) is 22.6 Å². The fraction of sp³-hybridized carbons (Fsp3) is 0.318. The van der Waals surface area contributed by atoms with Crippen LogP contribution in [0.1, 0.15) is 11.1 Å². The zero-order chi connectivity index (χ0) is 20.1. The molecular weight excluding hydrogens is 370 g/mol.